The summed E-state index contributed by atoms with van der Waals surface area (Å²) in [6.07, 6.45) is -0.155. The summed E-state index contributed by atoms with van der Waals surface area (Å²) in [4.78, 5) is 14.6. The minimum absolute atomic E-state index is 0.0252. The number of aromatic nitrogens is 5. The Hall–Kier alpha value is -2.39. The number of alkyl halides is 3. The van der Waals surface area contributed by atoms with E-state index in [-0.39, 0.29) is 11.9 Å². The molecular formula is C8H7F3N6O. The van der Waals surface area contributed by atoms with Gasteiger partial charge in [0.05, 0.1) is 0 Å². The van der Waals surface area contributed by atoms with Gasteiger partial charge in [-0.2, -0.15) is 28.1 Å². The van der Waals surface area contributed by atoms with Gasteiger partial charge in [0.2, 0.25) is 11.9 Å². The van der Waals surface area contributed by atoms with Gasteiger partial charge in [-0.05, 0) is 0 Å². The van der Waals surface area contributed by atoms with Gasteiger partial charge in [-0.1, -0.05) is 0 Å². The fourth-order valence-corrected chi connectivity index (χ4v) is 1.06. The number of hydrogen-bond acceptors (Lipinski definition) is 6. The Morgan fingerprint density at radius 2 is 2.06 bits per heavy atom. The summed E-state index contributed by atoms with van der Waals surface area (Å²) >= 11 is 0. The highest BCUT2D eigenvalue weighted by Crippen LogP contribution is 2.16. The van der Waals surface area contributed by atoms with E-state index in [1.54, 1.807) is 0 Å². The van der Waals surface area contributed by atoms with E-state index in [0.717, 1.165) is 0 Å². The molecule has 0 bridgehead atoms. The normalized spacial score (nSPS) is 11.5. The number of nitrogens with zero attached hydrogens (tertiary/aromatic N) is 5. The van der Waals surface area contributed by atoms with Gasteiger partial charge in [0.25, 0.3) is 0 Å². The molecule has 0 atom stereocenters. The molecule has 2 aromatic heterocycles. The lowest BCUT2D eigenvalue weighted by Gasteiger charge is -2.08. The van der Waals surface area contributed by atoms with Gasteiger partial charge in [0, 0.05) is 12.4 Å². The SMILES string of the molecule is Nc1nc(OCC(F)(F)F)nc(-n2ccnc2)n1. The van der Waals surface area contributed by atoms with E-state index in [1.807, 2.05) is 0 Å². The average molecular weight is 260 g/mol. The molecule has 2 rings (SSSR count). The maximum absolute atomic E-state index is 12.0. The molecule has 2 aromatic rings. The summed E-state index contributed by atoms with van der Waals surface area (Å²) in [5.41, 5.74) is 5.35. The molecule has 0 unspecified atom stereocenters. The van der Waals surface area contributed by atoms with Crippen LogP contribution in [0.2, 0.25) is 0 Å². The number of imidazole rings is 1. The van der Waals surface area contributed by atoms with E-state index in [0.29, 0.717) is 0 Å². The van der Waals surface area contributed by atoms with Gasteiger partial charge in [-0.25, -0.2) is 4.98 Å². The predicted molar refractivity (Wildman–Crippen MR) is 52.9 cm³/mol. The molecule has 0 fully saturated rings. The van der Waals surface area contributed by atoms with Crippen molar-refractivity contribution in [1.29, 1.82) is 0 Å². The highest BCUT2D eigenvalue weighted by molar-refractivity contribution is 5.24. The molecule has 0 aliphatic heterocycles. The van der Waals surface area contributed by atoms with Crippen LogP contribution in [0.4, 0.5) is 19.1 Å². The zero-order valence-corrected chi connectivity index (χ0v) is 8.79. The maximum atomic E-state index is 12.0. The Morgan fingerprint density at radius 3 is 2.67 bits per heavy atom. The summed E-state index contributed by atoms with van der Waals surface area (Å²) in [7, 11) is 0. The Bertz CT molecular complexity index is 526. The number of hydrogen-bond donors (Lipinski definition) is 1. The summed E-state index contributed by atoms with van der Waals surface area (Å²) in [5.74, 6) is -0.219. The molecule has 0 saturated heterocycles. The standard InChI is InChI=1S/C8H7F3N6O/c9-8(10,11)3-18-7-15-5(12)14-6(16-7)17-2-1-13-4-17/h1-2,4H,3H2,(H2,12,14,15,16). The predicted octanol–water partition coefficient (Wildman–Crippen LogP) is 0.581. The lowest BCUT2D eigenvalue weighted by molar-refractivity contribution is -0.154. The van der Waals surface area contributed by atoms with Crippen LogP contribution in [0.15, 0.2) is 18.7 Å². The first kappa shape index (κ1) is 12.1. The van der Waals surface area contributed by atoms with Crippen LogP contribution in [0.3, 0.4) is 0 Å². The molecule has 0 aliphatic rings. The summed E-state index contributed by atoms with van der Waals surface area (Å²) in [6, 6.07) is -0.497. The second-order valence-electron chi connectivity index (χ2n) is 3.15. The van der Waals surface area contributed by atoms with Crippen molar-refractivity contribution in [3.05, 3.63) is 18.7 Å². The number of anilines is 1. The van der Waals surface area contributed by atoms with Crippen LogP contribution in [-0.2, 0) is 0 Å². The minimum atomic E-state index is -4.48. The van der Waals surface area contributed by atoms with Gasteiger partial charge in [-0.3, -0.25) is 4.57 Å². The fourth-order valence-electron chi connectivity index (χ4n) is 1.06. The summed E-state index contributed by atoms with van der Waals surface area (Å²) in [6.45, 7) is -1.50. The van der Waals surface area contributed by atoms with Gasteiger partial charge in [0.15, 0.2) is 6.61 Å². The molecule has 0 aromatic carbocycles. The monoisotopic (exact) mass is 260 g/mol. The van der Waals surface area contributed by atoms with Crippen molar-refractivity contribution < 1.29 is 17.9 Å². The smallest absolute Gasteiger partial charge is 0.422 e. The Balaban J connectivity index is 2.22. The molecule has 2 N–H and O–H groups in total. The molecule has 0 radical (unpaired) electrons. The van der Waals surface area contributed by atoms with Crippen LogP contribution >= 0.6 is 0 Å². The lowest BCUT2D eigenvalue weighted by atomic mass is 10.7. The molecule has 18 heavy (non-hydrogen) atoms. The van der Waals surface area contributed by atoms with Crippen LogP contribution in [0, 0.1) is 0 Å². The van der Waals surface area contributed by atoms with Gasteiger partial charge >= 0.3 is 12.2 Å². The number of rotatable bonds is 3. The van der Waals surface area contributed by atoms with Crippen LogP contribution in [-0.4, -0.2) is 37.3 Å². The third-order valence-corrected chi connectivity index (χ3v) is 1.72. The van der Waals surface area contributed by atoms with E-state index in [1.165, 1.54) is 23.3 Å². The minimum Gasteiger partial charge on any atom is -0.454 e. The third-order valence-electron chi connectivity index (χ3n) is 1.72. The number of nitrogen functional groups attached to an aromatic ring is 1. The van der Waals surface area contributed by atoms with Crippen LogP contribution in [0.25, 0.3) is 5.95 Å². The highest BCUT2D eigenvalue weighted by Gasteiger charge is 2.29. The molecule has 0 amide bonds. The summed E-state index contributed by atoms with van der Waals surface area (Å²) in [5, 5.41) is 0. The van der Waals surface area contributed by atoms with Crippen LogP contribution in [0.5, 0.6) is 6.01 Å². The molecule has 0 saturated carbocycles. The van der Waals surface area contributed by atoms with Crippen molar-refractivity contribution in [2.45, 2.75) is 6.18 Å². The zero-order chi connectivity index (χ0) is 13.2. The highest BCUT2D eigenvalue weighted by atomic mass is 19.4. The topological polar surface area (TPSA) is 91.7 Å². The first-order chi connectivity index (χ1) is 8.44. The fraction of sp³-hybridized carbons (Fsp3) is 0.250. The first-order valence-electron chi connectivity index (χ1n) is 4.63. The molecule has 96 valence electrons. The van der Waals surface area contributed by atoms with E-state index < -0.39 is 18.8 Å². The van der Waals surface area contributed by atoms with Crippen molar-refractivity contribution in [3.8, 4) is 12.0 Å². The zero-order valence-electron chi connectivity index (χ0n) is 8.79. The average Bonchev–Trinajstić information content (AvgIpc) is 2.78. The molecule has 2 heterocycles. The van der Waals surface area contributed by atoms with Crippen molar-refractivity contribution in [2.24, 2.45) is 0 Å². The van der Waals surface area contributed by atoms with Gasteiger partial charge in [-0.15, -0.1) is 0 Å². The quantitative estimate of drug-likeness (QED) is 0.867. The second-order valence-corrected chi connectivity index (χ2v) is 3.15. The summed E-state index contributed by atoms with van der Waals surface area (Å²) < 4.78 is 41.7. The molecule has 7 nitrogen and oxygen atoms in total. The van der Waals surface area contributed by atoms with E-state index >= 15 is 0 Å². The van der Waals surface area contributed by atoms with Crippen molar-refractivity contribution >= 4 is 5.95 Å². The number of nitrogens with two attached hydrogens (primary N) is 1. The maximum Gasteiger partial charge on any atom is 0.422 e. The van der Waals surface area contributed by atoms with Crippen LogP contribution < -0.4 is 10.5 Å². The third kappa shape index (κ3) is 3.06. The van der Waals surface area contributed by atoms with E-state index in [2.05, 4.69) is 24.7 Å². The Morgan fingerprint density at radius 1 is 1.28 bits per heavy atom. The van der Waals surface area contributed by atoms with Crippen molar-refractivity contribution in [1.82, 2.24) is 24.5 Å². The molecule has 0 aliphatic carbocycles. The lowest BCUT2D eigenvalue weighted by Crippen LogP contribution is -2.21. The Kier molecular flexibility index (Phi) is 3.00. The van der Waals surface area contributed by atoms with E-state index in [9.17, 15) is 13.2 Å². The molecular weight excluding hydrogens is 253 g/mol. The molecule has 10 heteroatoms. The molecule has 0 spiro atoms. The second kappa shape index (κ2) is 4.47. The van der Waals surface area contributed by atoms with Gasteiger partial charge in [0.1, 0.15) is 6.33 Å². The van der Waals surface area contributed by atoms with Crippen molar-refractivity contribution in [2.75, 3.05) is 12.3 Å². The number of ether oxygens (including phenoxy) is 1. The largest absolute Gasteiger partial charge is 0.454 e. The number of halogens is 3. The Labute approximate surface area is 98.5 Å². The van der Waals surface area contributed by atoms with Crippen LogP contribution in [0.1, 0.15) is 0 Å². The first-order valence-corrected chi connectivity index (χ1v) is 4.63. The van der Waals surface area contributed by atoms with Gasteiger partial charge < -0.3 is 10.5 Å². The van der Waals surface area contributed by atoms with E-state index in [4.69, 9.17) is 5.73 Å². The van der Waals surface area contributed by atoms with Crippen molar-refractivity contribution in [3.63, 3.8) is 0 Å².